The number of aliphatic carboxylic acids is 2. The van der Waals surface area contributed by atoms with Crippen molar-refractivity contribution >= 4 is 17.8 Å². The molecule has 0 aliphatic carbocycles. The SMILES string of the molecule is CCOc1ccc(CC(=O)N(CC(=O)O)CC(=O)O)cc1. The van der Waals surface area contributed by atoms with Gasteiger partial charge in [-0.1, -0.05) is 12.1 Å². The number of nitrogens with zero attached hydrogens (tertiary/aromatic N) is 1. The molecule has 1 rings (SSSR count). The summed E-state index contributed by atoms with van der Waals surface area (Å²) in [6.45, 7) is 1.11. The van der Waals surface area contributed by atoms with E-state index in [9.17, 15) is 14.4 Å². The lowest BCUT2D eigenvalue weighted by molar-refractivity contribution is -0.149. The van der Waals surface area contributed by atoms with Crippen LogP contribution in [0, 0.1) is 0 Å². The Labute approximate surface area is 121 Å². The number of carbonyl (C=O) groups excluding carboxylic acids is 1. The van der Waals surface area contributed by atoms with Gasteiger partial charge in [0.25, 0.3) is 0 Å². The molecule has 0 aromatic heterocycles. The highest BCUT2D eigenvalue weighted by atomic mass is 16.5. The van der Waals surface area contributed by atoms with Gasteiger partial charge >= 0.3 is 11.9 Å². The summed E-state index contributed by atoms with van der Waals surface area (Å²) in [5.74, 6) is -2.39. The maximum atomic E-state index is 12.0. The van der Waals surface area contributed by atoms with Gasteiger partial charge < -0.3 is 19.8 Å². The maximum absolute atomic E-state index is 12.0. The molecular formula is C14H17NO6. The van der Waals surface area contributed by atoms with Gasteiger partial charge in [0.05, 0.1) is 13.0 Å². The Hall–Kier alpha value is -2.57. The van der Waals surface area contributed by atoms with Gasteiger partial charge in [-0.2, -0.15) is 0 Å². The first-order valence-corrected chi connectivity index (χ1v) is 6.35. The molecule has 21 heavy (non-hydrogen) atoms. The summed E-state index contributed by atoms with van der Waals surface area (Å²) in [5, 5.41) is 17.4. The van der Waals surface area contributed by atoms with Gasteiger partial charge in [-0.3, -0.25) is 14.4 Å². The first-order chi connectivity index (χ1) is 9.92. The summed E-state index contributed by atoms with van der Waals surface area (Å²) in [6.07, 6.45) is -0.0625. The Balaban J connectivity index is 2.71. The number of carbonyl (C=O) groups is 3. The molecule has 7 nitrogen and oxygen atoms in total. The number of ether oxygens (including phenoxy) is 1. The third-order valence-corrected chi connectivity index (χ3v) is 2.59. The minimum Gasteiger partial charge on any atom is -0.494 e. The molecule has 0 saturated carbocycles. The first kappa shape index (κ1) is 16.5. The molecule has 0 saturated heterocycles. The van der Waals surface area contributed by atoms with Crippen molar-refractivity contribution in [3.05, 3.63) is 29.8 Å². The normalized spacial score (nSPS) is 9.95. The van der Waals surface area contributed by atoms with Crippen molar-refractivity contribution in [1.82, 2.24) is 4.90 Å². The molecule has 2 N–H and O–H groups in total. The summed E-state index contributed by atoms with van der Waals surface area (Å²) in [5.41, 5.74) is 0.657. The van der Waals surface area contributed by atoms with Crippen LogP contribution in [-0.4, -0.2) is 52.7 Å². The fourth-order valence-corrected chi connectivity index (χ4v) is 1.72. The van der Waals surface area contributed by atoms with Crippen molar-refractivity contribution in [2.45, 2.75) is 13.3 Å². The van der Waals surface area contributed by atoms with Crippen LogP contribution in [0.5, 0.6) is 5.75 Å². The monoisotopic (exact) mass is 295 g/mol. The Morgan fingerprint density at radius 3 is 2.00 bits per heavy atom. The van der Waals surface area contributed by atoms with Gasteiger partial charge in [0.15, 0.2) is 0 Å². The minimum atomic E-state index is -1.25. The van der Waals surface area contributed by atoms with Crippen molar-refractivity contribution in [3.63, 3.8) is 0 Å². The van der Waals surface area contributed by atoms with Crippen LogP contribution in [0.2, 0.25) is 0 Å². The smallest absolute Gasteiger partial charge is 0.323 e. The maximum Gasteiger partial charge on any atom is 0.323 e. The zero-order valence-corrected chi connectivity index (χ0v) is 11.6. The van der Waals surface area contributed by atoms with Crippen LogP contribution in [0.4, 0.5) is 0 Å². The van der Waals surface area contributed by atoms with Crippen LogP contribution in [0.25, 0.3) is 0 Å². The lowest BCUT2D eigenvalue weighted by atomic mass is 10.1. The molecule has 0 aliphatic rings. The topological polar surface area (TPSA) is 104 Å². The number of rotatable bonds is 8. The average molecular weight is 295 g/mol. The van der Waals surface area contributed by atoms with E-state index >= 15 is 0 Å². The zero-order chi connectivity index (χ0) is 15.8. The number of amides is 1. The van der Waals surface area contributed by atoms with Crippen LogP contribution in [0.15, 0.2) is 24.3 Å². The lowest BCUT2D eigenvalue weighted by Gasteiger charge is -2.18. The van der Waals surface area contributed by atoms with Crippen molar-refractivity contribution in [3.8, 4) is 5.75 Å². The third kappa shape index (κ3) is 5.94. The molecule has 114 valence electrons. The van der Waals surface area contributed by atoms with Gasteiger partial charge in [0.2, 0.25) is 5.91 Å². The highest BCUT2D eigenvalue weighted by molar-refractivity contribution is 5.86. The Bertz CT molecular complexity index is 495. The molecule has 1 aromatic rings. The number of hydrogen-bond donors (Lipinski definition) is 2. The molecule has 0 unspecified atom stereocenters. The largest absolute Gasteiger partial charge is 0.494 e. The fraction of sp³-hybridized carbons (Fsp3) is 0.357. The molecule has 7 heteroatoms. The van der Waals surface area contributed by atoms with Crippen molar-refractivity contribution < 1.29 is 29.3 Å². The lowest BCUT2D eigenvalue weighted by Crippen LogP contribution is -2.40. The molecular weight excluding hydrogens is 278 g/mol. The molecule has 0 radical (unpaired) electrons. The molecule has 0 spiro atoms. The minimum absolute atomic E-state index is 0.0625. The van der Waals surface area contributed by atoms with Crippen LogP contribution in [0.3, 0.4) is 0 Å². The quantitative estimate of drug-likeness (QED) is 0.728. The summed E-state index contributed by atoms with van der Waals surface area (Å²) in [4.78, 5) is 34.1. The average Bonchev–Trinajstić information content (AvgIpc) is 2.39. The van der Waals surface area contributed by atoms with E-state index in [0.29, 0.717) is 17.9 Å². The standard InChI is InChI=1S/C14H17NO6/c1-2-21-11-5-3-10(4-6-11)7-12(16)15(8-13(17)18)9-14(19)20/h3-6H,2,7-9H2,1H3,(H,17,18)(H,19,20). The van der Waals surface area contributed by atoms with Gasteiger partial charge in [-0.25, -0.2) is 0 Å². The van der Waals surface area contributed by atoms with E-state index in [0.717, 1.165) is 4.90 Å². The van der Waals surface area contributed by atoms with E-state index in [1.54, 1.807) is 24.3 Å². The molecule has 1 aromatic carbocycles. The number of carboxylic acids is 2. The number of hydrogen-bond acceptors (Lipinski definition) is 4. The van der Waals surface area contributed by atoms with E-state index in [4.69, 9.17) is 14.9 Å². The second-order valence-electron chi connectivity index (χ2n) is 4.29. The van der Waals surface area contributed by atoms with Gasteiger partial charge in [-0.15, -0.1) is 0 Å². The highest BCUT2D eigenvalue weighted by Crippen LogP contribution is 2.13. The number of carboxylic acid groups (broad SMARTS) is 2. The van der Waals surface area contributed by atoms with Gasteiger partial charge in [0.1, 0.15) is 18.8 Å². The van der Waals surface area contributed by atoms with E-state index in [1.807, 2.05) is 6.92 Å². The zero-order valence-electron chi connectivity index (χ0n) is 11.6. The van der Waals surface area contributed by atoms with E-state index in [2.05, 4.69) is 0 Å². The Morgan fingerprint density at radius 2 is 1.57 bits per heavy atom. The van der Waals surface area contributed by atoms with E-state index in [-0.39, 0.29) is 6.42 Å². The molecule has 0 heterocycles. The van der Waals surface area contributed by atoms with Crippen molar-refractivity contribution in [2.24, 2.45) is 0 Å². The predicted molar refractivity (Wildman–Crippen MR) is 73.2 cm³/mol. The first-order valence-electron chi connectivity index (χ1n) is 6.35. The summed E-state index contributed by atoms with van der Waals surface area (Å²) in [7, 11) is 0. The van der Waals surface area contributed by atoms with Gasteiger partial charge in [0, 0.05) is 0 Å². The Kier molecular flexibility index (Phi) is 6.19. The molecule has 0 fully saturated rings. The summed E-state index contributed by atoms with van der Waals surface area (Å²) < 4.78 is 5.27. The third-order valence-electron chi connectivity index (χ3n) is 2.59. The summed E-state index contributed by atoms with van der Waals surface area (Å²) in [6, 6.07) is 6.76. The van der Waals surface area contributed by atoms with E-state index in [1.165, 1.54) is 0 Å². The highest BCUT2D eigenvalue weighted by Gasteiger charge is 2.19. The van der Waals surface area contributed by atoms with Crippen LogP contribution in [-0.2, 0) is 20.8 Å². The molecule has 1 amide bonds. The van der Waals surface area contributed by atoms with Crippen molar-refractivity contribution in [2.75, 3.05) is 19.7 Å². The number of benzene rings is 1. The van der Waals surface area contributed by atoms with E-state index < -0.39 is 30.9 Å². The predicted octanol–water partition coefficient (Wildman–Crippen LogP) is 0.626. The van der Waals surface area contributed by atoms with Crippen molar-refractivity contribution in [1.29, 1.82) is 0 Å². The second-order valence-corrected chi connectivity index (χ2v) is 4.29. The fourth-order valence-electron chi connectivity index (χ4n) is 1.72. The molecule has 0 atom stereocenters. The molecule has 0 bridgehead atoms. The van der Waals surface area contributed by atoms with Crippen LogP contribution in [0.1, 0.15) is 12.5 Å². The van der Waals surface area contributed by atoms with Crippen LogP contribution < -0.4 is 4.74 Å². The Morgan fingerprint density at radius 1 is 1.05 bits per heavy atom. The van der Waals surface area contributed by atoms with Gasteiger partial charge in [-0.05, 0) is 24.6 Å². The second kappa shape index (κ2) is 7.88. The summed E-state index contributed by atoms with van der Waals surface area (Å²) >= 11 is 0. The van der Waals surface area contributed by atoms with Crippen LogP contribution >= 0.6 is 0 Å². The molecule has 0 aliphatic heterocycles.